The van der Waals surface area contributed by atoms with Crippen molar-refractivity contribution in [1.29, 1.82) is 0 Å². The van der Waals surface area contributed by atoms with E-state index < -0.39 is 0 Å². The van der Waals surface area contributed by atoms with Crippen molar-refractivity contribution >= 4 is 11.7 Å². The molecule has 0 N–H and O–H groups in total. The minimum atomic E-state index is -0.193. The molecular weight excluding hydrogens is 230 g/mol. The van der Waals surface area contributed by atoms with Crippen LogP contribution in [0.25, 0.3) is 0 Å². The Morgan fingerprint density at radius 2 is 1.94 bits per heavy atom. The Hall–Kier alpha value is -1.71. The summed E-state index contributed by atoms with van der Waals surface area (Å²) < 4.78 is 10.2. The van der Waals surface area contributed by atoms with Crippen LogP contribution in [0.15, 0.2) is 24.3 Å². The minimum Gasteiger partial charge on any atom is -0.497 e. The summed E-state index contributed by atoms with van der Waals surface area (Å²) in [6.45, 7) is 2.83. The molecule has 0 saturated carbocycles. The van der Waals surface area contributed by atoms with Gasteiger partial charge in [-0.05, 0) is 30.7 Å². The van der Waals surface area contributed by atoms with Crippen LogP contribution in [-0.2, 0) is 9.53 Å². The van der Waals surface area contributed by atoms with E-state index in [9.17, 15) is 4.79 Å². The number of carbonyl (C=O) groups excluding carboxylic acids is 1. The lowest BCUT2D eigenvalue weighted by molar-refractivity contribution is -0.142. The largest absolute Gasteiger partial charge is 0.497 e. The zero-order chi connectivity index (χ0) is 13.4. The van der Waals surface area contributed by atoms with Gasteiger partial charge in [0.2, 0.25) is 0 Å². The molecule has 0 amide bonds. The monoisotopic (exact) mass is 251 g/mol. The van der Waals surface area contributed by atoms with E-state index in [0.717, 1.165) is 24.3 Å². The van der Waals surface area contributed by atoms with Crippen molar-refractivity contribution in [3.05, 3.63) is 24.3 Å². The maximum Gasteiger partial charge on any atom is 0.325 e. The highest BCUT2D eigenvalue weighted by Gasteiger charge is 2.08. The number of benzene rings is 1. The normalized spacial score (nSPS) is 9.94. The van der Waals surface area contributed by atoms with Gasteiger partial charge < -0.3 is 14.4 Å². The Bertz CT molecular complexity index is 362. The van der Waals surface area contributed by atoms with Crippen molar-refractivity contribution in [2.75, 3.05) is 32.2 Å². The predicted molar refractivity (Wildman–Crippen MR) is 72.1 cm³/mol. The molecule has 0 aliphatic heterocycles. The summed E-state index contributed by atoms with van der Waals surface area (Å²) in [5.41, 5.74) is 0.961. The Labute approximate surface area is 108 Å². The van der Waals surface area contributed by atoms with Gasteiger partial charge in [0.25, 0.3) is 0 Å². The molecule has 0 heterocycles. The van der Waals surface area contributed by atoms with Gasteiger partial charge in [0.05, 0.1) is 13.7 Å². The molecule has 1 aromatic carbocycles. The van der Waals surface area contributed by atoms with E-state index >= 15 is 0 Å². The number of unbranched alkanes of at least 4 members (excludes halogenated alkanes) is 1. The highest BCUT2D eigenvalue weighted by molar-refractivity contribution is 5.75. The van der Waals surface area contributed by atoms with E-state index in [1.165, 1.54) is 0 Å². The molecular formula is C14H21NO3. The van der Waals surface area contributed by atoms with Crippen LogP contribution in [-0.4, -0.2) is 33.3 Å². The fourth-order valence-corrected chi connectivity index (χ4v) is 1.50. The van der Waals surface area contributed by atoms with Crippen molar-refractivity contribution in [1.82, 2.24) is 0 Å². The van der Waals surface area contributed by atoms with E-state index in [1.54, 1.807) is 7.11 Å². The summed E-state index contributed by atoms with van der Waals surface area (Å²) in [6.07, 6.45) is 1.94. The fourth-order valence-electron chi connectivity index (χ4n) is 1.50. The number of methoxy groups -OCH3 is 1. The first kappa shape index (κ1) is 14.4. The molecule has 100 valence electrons. The van der Waals surface area contributed by atoms with Gasteiger partial charge in [-0.1, -0.05) is 13.3 Å². The van der Waals surface area contributed by atoms with Crippen LogP contribution >= 0.6 is 0 Å². The number of carbonyl (C=O) groups is 1. The Balaban J connectivity index is 2.43. The molecule has 4 heteroatoms. The molecule has 18 heavy (non-hydrogen) atoms. The van der Waals surface area contributed by atoms with Crippen LogP contribution in [0.3, 0.4) is 0 Å². The van der Waals surface area contributed by atoms with Gasteiger partial charge in [-0.2, -0.15) is 0 Å². The number of esters is 1. The van der Waals surface area contributed by atoms with E-state index in [4.69, 9.17) is 9.47 Å². The summed E-state index contributed by atoms with van der Waals surface area (Å²) in [4.78, 5) is 13.4. The highest BCUT2D eigenvalue weighted by Crippen LogP contribution is 2.17. The van der Waals surface area contributed by atoms with Crippen LogP contribution in [0, 0.1) is 0 Å². The van der Waals surface area contributed by atoms with Crippen LogP contribution < -0.4 is 9.64 Å². The van der Waals surface area contributed by atoms with Gasteiger partial charge >= 0.3 is 5.97 Å². The van der Waals surface area contributed by atoms with Gasteiger partial charge in [-0.15, -0.1) is 0 Å². The molecule has 0 bridgehead atoms. The summed E-state index contributed by atoms with van der Waals surface area (Å²) in [5, 5.41) is 0. The summed E-state index contributed by atoms with van der Waals surface area (Å²) >= 11 is 0. The molecule has 0 aliphatic rings. The average Bonchev–Trinajstić information content (AvgIpc) is 2.39. The molecule has 0 fully saturated rings. The van der Waals surface area contributed by atoms with Crippen molar-refractivity contribution in [3.8, 4) is 5.75 Å². The molecule has 0 aromatic heterocycles. The Kier molecular flexibility index (Phi) is 6.05. The molecule has 0 saturated heterocycles. The van der Waals surface area contributed by atoms with Gasteiger partial charge in [-0.3, -0.25) is 4.79 Å². The third-order valence-corrected chi connectivity index (χ3v) is 2.64. The lowest BCUT2D eigenvalue weighted by Gasteiger charge is -2.18. The first-order chi connectivity index (χ1) is 8.67. The number of nitrogens with zero attached hydrogens (tertiary/aromatic N) is 1. The van der Waals surface area contributed by atoms with E-state index in [0.29, 0.717) is 6.61 Å². The van der Waals surface area contributed by atoms with Crippen LogP contribution in [0.2, 0.25) is 0 Å². The fraction of sp³-hybridized carbons (Fsp3) is 0.500. The maximum absolute atomic E-state index is 11.5. The molecule has 0 radical (unpaired) electrons. The topological polar surface area (TPSA) is 38.8 Å². The lowest BCUT2D eigenvalue weighted by atomic mass is 10.3. The molecule has 1 aromatic rings. The van der Waals surface area contributed by atoms with Crippen molar-refractivity contribution < 1.29 is 14.3 Å². The van der Waals surface area contributed by atoms with Gasteiger partial charge in [0.1, 0.15) is 12.3 Å². The number of rotatable bonds is 7. The van der Waals surface area contributed by atoms with Crippen molar-refractivity contribution in [2.24, 2.45) is 0 Å². The number of hydrogen-bond donors (Lipinski definition) is 0. The van der Waals surface area contributed by atoms with E-state index in [-0.39, 0.29) is 12.5 Å². The zero-order valence-electron chi connectivity index (χ0n) is 11.3. The number of likely N-dealkylation sites (N-methyl/N-ethyl adjacent to an activating group) is 1. The second-order valence-electron chi connectivity index (χ2n) is 4.13. The van der Waals surface area contributed by atoms with Crippen LogP contribution in [0.1, 0.15) is 19.8 Å². The minimum absolute atomic E-state index is 0.193. The van der Waals surface area contributed by atoms with Crippen molar-refractivity contribution in [2.45, 2.75) is 19.8 Å². The van der Waals surface area contributed by atoms with Crippen LogP contribution in [0.4, 0.5) is 5.69 Å². The SMILES string of the molecule is CCCCOC(=O)CN(C)c1ccc(OC)cc1. The molecule has 1 rings (SSSR count). The summed E-state index contributed by atoms with van der Waals surface area (Å²) in [5.74, 6) is 0.611. The number of hydrogen-bond acceptors (Lipinski definition) is 4. The average molecular weight is 251 g/mol. The van der Waals surface area contributed by atoms with Crippen LogP contribution in [0.5, 0.6) is 5.75 Å². The zero-order valence-corrected chi connectivity index (χ0v) is 11.3. The first-order valence-electron chi connectivity index (χ1n) is 6.18. The third kappa shape index (κ3) is 4.65. The smallest absolute Gasteiger partial charge is 0.325 e. The van der Waals surface area contributed by atoms with E-state index in [2.05, 4.69) is 6.92 Å². The molecule has 0 atom stereocenters. The third-order valence-electron chi connectivity index (χ3n) is 2.64. The lowest BCUT2D eigenvalue weighted by Crippen LogP contribution is -2.27. The second kappa shape index (κ2) is 7.58. The molecule has 0 aliphatic carbocycles. The van der Waals surface area contributed by atoms with E-state index in [1.807, 2.05) is 36.2 Å². The van der Waals surface area contributed by atoms with Gasteiger partial charge in [0.15, 0.2) is 0 Å². The number of anilines is 1. The Morgan fingerprint density at radius 3 is 2.50 bits per heavy atom. The van der Waals surface area contributed by atoms with Gasteiger partial charge in [0, 0.05) is 12.7 Å². The summed E-state index contributed by atoms with van der Waals surface area (Å²) in [7, 11) is 3.49. The molecule has 0 spiro atoms. The first-order valence-corrected chi connectivity index (χ1v) is 6.18. The standard InChI is InChI=1S/C14H21NO3/c1-4-5-10-18-14(16)11-15(2)12-6-8-13(17-3)9-7-12/h6-9H,4-5,10-11H2,1-3H3. The predicted octanol–water partition coefficient (Wildman–Crippen LogP) is 2.47. The van der Waals surface area contributed by atoms with Crippen molar-refractivity contribution in [3.63, 3.8) is 0 Å². The number of ether oxygens (including phenoxy) is 2. The molecule has 4 nitrogen and oxygen atoms in total. The molecule has 0 unspecified atom stereocenters. The van der Waals surface area contributed by atoms with Gasteiger partial charge in [-0.25, -0.2) is 0 Å². The maximum atomic E-state index is 11.5. The summed E-state index contributed by atoms with van der Waals surface area (Å²) in [6, 6.07) is 7.57. The quantitative estimate of drug-likeness (QED) is 0.551. The second-order valence-corrected chi connectivity index (χ2v) is 4.13. The Morgan fingerprint density at radius 1 is 1.28 bits per heavy atom. The highest BCUT2D eigenvalue weighted by atomic mass is 16.5.